The van der Waals surface area contributed by atoms with E-state index in [9.17, 15) is 0 Å². The van der Waals surface area contributed by atoms with Crippen LogP contribution >= 0.6 is 15.9 Å². The van der Waals surface area contributed by atoms with Crippen molar-refractivity contribution in [3.8, 4) is 51.2 Å². The molecular formula is C23H17BrN2O3. The minimum absolute atomic E-state index is 0.187. The molecule has 2 heterocycles. The third kappa shape index (κ3) is 3.25. The fourth-order valence-electron chi connectivity index (χ4n) is 3.41. The largest absolute Gasteiger partial charge is 0.493 e. The van der Waals surface area contributed by atoms with Crippen molar-refractivity contribution in [2.24, 2.45) is 0 Å². The number of halogens is 1. The summed E-state index contributed by atoms with van der Waals surface area (Å²) < 4.78 is 17.6. The number of aromatic amines is 1. The van der Waals surface area contributed by atoms with Crippen LogP contribution in [0.3, 0.4) is 0 Å². The Morgan fingerprint density at radius 3 is 2.48 bits per heavy atom. The molecule has 1 aliphatic rings. The van der Waals surface area contributed by atoms with Crippen molar-refractivity contribution < 1.29 is 14.2 Å². The number of hydrogen-bond donors (Lipinski definition) is 1. The summed E-state index contributed by atoms with van der Waals surface area (Å²) in [6.45, 7) is 0.187. The molecule has 1 N–H and O–H groups in total. The first-order valence-electron chi connectivity index (χ1n) is 9.12. The summed E-state index contributed by atoms with van der Waals surface area (Å²) in [7, 11) is 1.62. The van der Waals surface area contributed by atoms with E-state index in [2.05, 4.69) is 45.2 Å². The van der Waals surface area contributed by atoms with Gasteiger partial charge >= 0.3 is 0 Å². The Balaban J connectivity index is 1.68. The maximum Gasteiger partial charge on any atom is 0.231 e. The minimum atomic E-state index is 0.187. The Morgan fingerprint density at radius 2 is 1.72 bits per heavy atom. The first kappa shape index (κ1) is 17.8. The van der Waals surface area contributed by atoms with Crippen molar-refractivity contribution >= 4 is 15.9 Å². The van der Waals surface area contributed by atoms with E-state index in [4.69, 9.17) is 19.2 Å². The van der Waals surface area contributed by atoms with Gasteiger partial charge in [0, 0.05) is 21.2 Å². The van der Waals surface area contributed by atoms with Crippen LogP contribution < -0.4 is 14.2 Å². The molecule has 0 saturated carbocycles. The van der Waals surface area contributed by atoms with Gasteiger partial charge in [-0.05, 0) is 24.3 Å². The molecule has 0 unspecified atom stereocenters. The minimum Gasteiger partial charge on any atom is -0.493 e. The standard InChI is InChI=1S/C23H17BrN2O3/c1-27-18-11-16(12-19-22(18)29-13-28-19)23-25-20(14-5-3-2-4-6-14)21(26-23)15-7-9-17(24)10-8-15/h2-12H,13H2,1H3,(H,25,26). The predicted octanol–water partition coefficient (Wildman–Crippen LogP) is 5.91. The number of imidazole rings is 1. The third-order valence-corrected chi connectivity index (χ3v) is 5.34. The van der Waals surface area contributed by atoms with Crippen molar-refractivity contribution in [1.29, 1.82) is 0 Å². The van der Waals surface area contributed by atoms with E-state index < -0.39 is 0 Å². The van der Waals surface area contributed by atoms with Crippen LogP contribution in [-0.4, -0.2) is 23.9 Å². The number of hydrogen-bond acceptors (Lipinski definition) is 4. The lowest BCUT2D eigenvalue weighted by atomic mass is 10.1. The molecular weight excluding hydrogens is 432 g/mol. The van der Waals surface area contributed by atoms with Crippen molar-refractivity contribution in [3.05, 3.63) is 71.2 Å². The van der Waals surface area contributed by atoms with E-state index in [1.165, 1.54) is 0 Å². The number of nitrogens with zero attached hydrogens (tertiary/aromatic N) is 1. The lowest BCUT2D eigenvalue weighted by Crippen LogP contribution is -1.93. The molecule has 1 aromatic heterocycles. The molecule has 3 aromatic carbocycles. The summed E-state index contributed by atoms with van der Waals surface area (Å²) in [5.41, 5.74) is 4.81. The summed E-state index contributed by atoms with van der Waals surface area (Å²) in [6, 6.07) is 22.1. The quantitative estimate of drug-likeness (QED) is 0.421. The molecule has 5 rings (SSSR count). The van der Waals surface area contributed by atoms with Crippen molar-refractivity contribution in [2.75, 3.05) is 13.9 Å². The zero-order valence-corrected chi connectivity index (χ0v) is 17.2. The molecule has 0 radical (unpaired) electrons. The van der Waals surface area contributed by atoms with Gasteiger partial charge in [-0.2, -0.15) is 0 Å². The third-order valence-electron chi connectivity index (χ3n) is 4.82. The highest BCUT2D eigenvalue weighted by molar-refractivity contribution is 9.10. The van der Waals surface area contributed by atoms with Gasteiger partial charge in [0.15, 0.2) is 11.5 Å². The topological polar surface area (TPSA) is 56.4 Å². The molecule has 0 saturated heterocycles. The first-order chi connectivity index (χ1) is 14.2. The van der Waals surface area contributed by atoms with Crippen LogP contribution in [0.25, 0.3) is 33.9 Å². The number of methoxy groups -OCH3 is 1. The van der Waals surface area contributed by atoms with E-state index in [-0.39, 0.29) is 6.79 Å². The van der Waals surface area contributed by atoms with Gasteiger partial charge in [0.05, 0.1) is 18.5 Å². The zero-order chi connectivity index (χ0) is 19.8. The Morgan fingerprint density at radius 1 is 0.931 bits per heavy atom. The van der Waals surface area contributed by atoms with E-state index >= 15 is 0 Å². The Hall–Kier alpha value is -3.25. The van der Waals surface area contributed by atoms with Gasteiger partial charge in [0.2, 0.25) is 12.5 Å². The highest BCUT2D eigenvalue weighted by Crippen LogP contribution is 2.44. The van der Waals surface area contributed by atoms with Crippen LogP contribution in [0.1, 0.15) is 0 Å². The van der Waals surface area contributed by atoms with E-state index in [1.807, 2.05) is 42.5 Å². The number of H-pyrrole nitrogens is 1. The van der Waals surface area contributed by atoms with Crippen LogP contribution in [-0.2, 0) is 0 Å². The lowest BCUT2D eigenvalue weighted by Gasteiger charge is -2.06. The monoisotopic (exact) mass is 448 g/mol. The molecule has 0 bridgehead atoms. The molecule has 5 nitrogen and oxygen atoms in total. The molecule has 0 spiro atoms. The molecule has 0 fully saturated rings. The predicted molar refractivity (Wildman–Crippen MR) is 115 cm³/mol. The van der Waals surface area contributed by atoms with Gasteiger partial charge in [-0.1, -0.05) is 58.4 Å². The van der Waals surface area contributed by atoms with Crippen LogP contribution in [0.5, 0.6) is 17.2 Å². The van der Waals surface area contributed by atoms with E-state index in [0.717, 1.165) is 38.4 Å². The van der Waals surface area contributed by atoms with Crippen LogP contribution in [0.4, 0.5) is 0 Å². The average molecular weight is 449 g/mol. The highest BCUT2D eigenvalue weighted by atomic mass is 79.9. The first-order valence-corrected chi connectivity index (χ1v) is 9.91. The SMILES string of the molecule is COc1cc(-c2nc(-c3ccccc3)c(-c3ccc(Br)cc3)[nH]2)cc2c1OCO2. The Labute approximate surface area is 176 Å². The number of aromatic nitrogens is 2. The maximum atomic E-state index is 5.57. The fourth-order valence-corrected chi connectivity index (χ4v) is 3.67. The summed E-state index contributed by atoms with van der Waals surface area (Å²) in [4.78, 5) is 8.43. The molecule has 4 aromatic rings. The molecule has 1 aliphatic heterocycles. The summed E-state index contributed by atoms with van der Waals surface area (Å²) in [5.74, 6) is 2.64. The Kier molecular flexibility index (Phi) is 4.48. The number of benzene rings is 3. The maximum absolute atomic E-state index is 5.57. The van der Waals surface area contributed by atoms with Crippen LogP contribution in [0.15, 0.2) is 71.2 Å². The summed E-state index contributed by atoms with van der Waals surface area (Å²) in [6.07, 6.45) is 0. The van der Waals surface area contributed by atoms with E-state index in [1.54, 1.807) is 7.11 Å². The second-order valence-corrected chi connectivity index (χ2v) is 7.51. The molecule has 0 aliphatic carbocycles. The molecule has 144 valence electrons. The number of rotatable bonds is 4. The van der Waals surface area contributed by atoms with Gasteiger partial charge in [0.1, 0.15) is 5.82 Å². The normalized spacial score (nSPS) is 12.2. The lowest BCUT2D eigenvalue weighted by molar-refractivity contribution is 0.171. The molecule has 6 heteroatoms. The molecule has 0 atom stereocenters. The van der Waals surface area contributed by atoms with Gasteiger partial charge in [-0.3, -0.25) is 0 Å². The average Bonchev–Trinajstić information content (AvgIpc) is 3.41. The zero-order valence-electron chi connectivity index (χ0n) is 15.6. The van der Waals surface area contributed by atoms with Crippen LogP contribution in [0.2, 0.25) is 0 Å². The second-order valence-electron chi connectivity index (χ2n) is 6.59. The van der Waals surface area contributed by atoms with Crippen LogP contribution in [0, 0.1) is 0 Å². The van der Waals surface area contributed by atoms with Gasteiger partial charge in [-0.15, -0.1) is 0 Å². The second kappa shape index (κ2) is 7.29. The van der Waals surface area contributed by atoms with Crippen molar-refractivity contribution in [3.63, 3.8) is 0 Å². The van der Waals surface area contributed by atoms with Crippen molar-refractivity contribution in [2.45, 2.75) is 0 Å². The Bertz CT molecular complexity index is 1170. The number of nitrogens with one attached hydrogen (secondary N) is 1. The highest BCUT2D eigenvalue weighted by Gasteiger charge is 2.23. The smallest absolute Gasteiger partial charge is 0.231 e. The summed E-state index contributed by atoms with van der Waals surface area (Å²) >= 11 is 3.50. The van der Waals surface area contributed by atoms with Crippen molar-refractivity contribution in [1.82, 2.24) is 9.97 Å². The van der Waals surface area contributed by atoms with Gasteiger partial charge in [-0.25, -0.2) is 4.98 Å². The molecule has 29 heavy (non-hydrogen) atoms. The van der Waals surface area contributed by atoms with Gasteiger partial charge < -0.3 is 19.2 Å². The number of fused-ring (bicyclic) bond motifs is 1. The fraction of sp³-hybridized carbons (Fsp3) is 0.0870. The number of ether oxygens (including phenoxy) is 3. The summed E-state index contributed by atoms with van der Waals surface area (Å²) in [5, 5.41) is 0. The molecule has 0 amide bonds. The van der Waals surface area contributed by atoms with Gasteiger partial charge in [0.25, 0.3) is 0 Å². The van der Waals surface area contributed by atoms with E-state index in [0.29, 0.717) is 17.2 Å².